The summed E-state index contributed by atoms with van der Waals surface area (Å²) in [5.74, 6) is -1.67. The molecule has 0 aliphatic heterocycles. The van der Waals surface area contributed by atoms with Crippen LogP contribution in [0.1, 0.15) is 21.5 Å². The lowest BCUT2D eigenvalue weighted by Crippen LogP contribution is -2.21. The molecule has 0 saturated carbocycles. The fourth-order valence-electron chi connectivity index (χ4n) is 3.21. The zero-order chi connectivity index (χ0) is 26.5. The number of nitrogens with one attached hydrogen (secondary N) is 2. The summed E-state index contributed by atoms with van der Waals surface area (Å²) in [5, 5.41) is 16.4. The Morgan fingerprint density at radius 1 is 1.03 bits per heavy atom. The number of nitro groups is 1. The van der Waals surface area contributed by atoms with E-state index in [9.17, 15) is 32.9 Å². The topological polar surface area (TPSA) is 120 Å². The normalized spacial score (nSPS) is 10.9. The lowest BCUT2D eigenvalue weighted by Gasteiger charge is -2.14. The van der Waals surface area contributed by atoms with E-state index in [1.165, 1.54) is 49.6 Å². The van der Waals surface area contributed by atoms with Gasteiger partial charge >= 0.3 is 17.8 Å². The third-order valence-electron chi connectivity index (χ3n) is 4.95. The number of hydrogen-bond acceptors (Lipinski definition) is 7. The van der Waals surface area contributed by atoms with Gasteiger partial charge in [0.15, 0.2) is 12.4 Å². The van der Waals surface area contributed by atoms with Crippen LogP contribution < -0.4 is 15.4 Å². The molecule has 0 unspecified atom stereocenters. The van der Waals surface area contributed by atoms with Gasteiger partial charge in [-0.3, -0.25) is 14.9 Å². The number of alkyl halides is 3. The molecule has 0 saturated heterocycles. The molecule has 0 spiro atoms. The number of ether oxygens (including phenoxy) is 2. The van der Waals surface area contributed by atoms with E-state index in [0.29, 0.717) is 5.56 Å². The van der Waals surface area contributed by atoms with Crippen LogP contribution >= 0.6 is 0 Å². The minimum absolute atomic E-state index is 0.00380. The average molecular weight is 503 g/mol. The highest BCUT2D eigenvalue weighted by Gasteiger charge is 2.30. The first-order valence-electron chi connectivity index (χ1n) is 10.3. The molecule has 36 heavy (non-hydrogen) atoms. The Balaban J connectivity index is 1.69. The number of halogens is 3. The van der Waals surface area contributed by atoms with Crippen molar-refractivity contribution in [2.24, 2.45) is 0 Å². The molecular formula is C24H20F3N3O6. The molecule has 12 heteroatoms. The Morgan fingerprint density at radius 2 is 1.75 bits per heavy atom. The number of para-hydroxylation sites is 1. The van der Waals surface area contributed by atoms with Gasteiger partial charge in [0.2, 0.25) is 0 Å². The molecular weight excluding hydrogens is 483 g/mol. The third kappa shape index (κ3) is 6.29. The van der Waals surface area contributed by atoms with E-state index in [1.54, 1.807) is 13.0 Å². The summed E-state index contributed by atoms with van der Waals surface area (Å²) >= 11 is 0. The molecule has 0 aliphatic rings. The number of nitro benzene ring substituents is 1. The zero-order valence-corrected chi connectivity index (χ0v) is 19.0. The Kier molecular flexibility index (Phi) is 7.77. The van der Waals surface area contributed by atoms with Gasteiger partial charge in [-0.15, -0.1) is 0 Å². The van der Waals surface area contributed by atoms with Crippen LogP contribution in [0.2, 0.25) is 0 Å². The Labute approximate surface area is 203 Å². The van der Waals surface area contributed by atoms with Gasteiger partial charge in [-0.05, 0) is 42.8 Å². The van der Waals surface area contributed by atoms with Gasteiger partial charge < -0.3 is 20.1 Å². The summed E-state index contributed by atoms with van der Waals surface area (Å²) in [5.41, 5.74) is -0.242. The highest BCUT2D eigenvalue weighted by Crippen LogP contribution is 2.33. The van der Waals surface area contributed by atoms with E-state index >= 15 is 0 Å². The van der Waals surface area contributed by atoms with E-state index in [4.69, 9.17) is 9.47 Å². The van der Waals surface area contributed by atoms with Crippen molar-refractivity contribution in [1.82, 2.24) is 0 Å². The van der Waals surface area contributed by atoms with Gasteiger partial charge in [0, 0.05) is 23.5 Å². The van der Waals surface area contributed by atoms with Crippen molar-refractivity contribution in [3.05, 3.63) is 87.5 Å². The zero-order valence-electron chi connectivity index (χ0n) is 19.0. The number of rotatable bonds is 8. The van der Waals surface area contributed by atoms with E-state index in [0.717, 1.165) is 12.1 Å². The molecule has 188 valence electrons. The predicted molar refractivity (Wildman–Crippen MR) is 124 cm³/mol. The summed E-state index contributed by atoms with van der Waals surface area (Å²) in [4.78, 5) is 35.4. The number of anilines is 3. The smallest absolute Gasteiger partial charge is 0.416 e. The number of hydrogen-bond donors (Lipinski definition) is 2. The molecule has 3 aromatic rings. The summed E-state index contributed by atoms with van der Waals surface area (Å²) in [7, 11) is 1.25. The van der Waals surface area contributed by atoms with Crippen molar-refractivity contribution >= 4 is 34.6 Å². The maximum atomic E-state index is 13.0. The average Bonchev–Trinajstić information content (AvgIpc) is 2.83. The van der Waals surface area contributed by atoms with Crippen LogP contribution in [0, 0.1) is 17.0 Å². The van der Waals surface area contributed by atoms with Crippen molar-refractivity contribution in [3.63, 3.8) is 0 Å². The minimum Gasteiger partial charge on any atom is -0.490 e. The van der Waals surface area contributed by atoms with Gasteiger partial charge in [-0.2, -0.15) is 13.2 Å². The van der Waals surface area contributed by atoms with Gasteiger partial charge in [-0.1, -0.05) is 18.2 Å². The molecule has 0 fully saturated rings. The molecule has 0 radical (unpaired) electrons. The van der Waals surface area contributed by atoms with Gasteiger partial charge in [-0.25, -0.2) is 4.79 Å². The van der Waals surface area contributed by atoms with Crippen molar-refractivity contribution in [3.8, 4) is 5.75 Å². The first kappa shape index (κ1) is 26.0. The van der Waals surface area contributed by atoms with Crippen molar-refractivity contribution in [2.45, 2.75) is 13.1 Å². The second kappa shape index (κ2) is 10.8. The fourth-order valence-corrected chi connectivity index (χ4v) is 3.21. The van der Waals surface area contributed by atoms with Crippen LogP contribution in [0.3, 0.4) is 0 Å². The van der Waals surface area contributed by atoms with E-state index in [1.807, 2.05) is 0 Å². The van der Waals surface area contributed by atoms with Crippen LogP contribution in [0.25, 0.3) is 0 Å². The molecule has 0 atom stereocenters. The molecule has 0 heterocycles. The molecule has 0 aromatic heterocycles. The van der Waals surface area contributed by atoms with Crippen LogP contribution in [0.5, 0.6) is 5.75 Å². The molecule has 3 rings (SSSR count). The summed E-state index contributed by atoms with van der Waals surface area (Å²) < 4.78 is 49.0. The SMILES string of the molecule is COc1cc(NC(=O)COC(=O)c2ccccc2Nc2cccc(C(F)(F)F)c2)c(C)cc1[N+](=O)[O-]. The van der Waals surface area contributed by atoms with Crippen molar-refractivity contribution in [1.29, 1.82) is 0 Å². The molecule has 2 N–H and O–H groups in total. The van der Waals surface area contributed by atoms with Crippen LogP contribution in [-0.4, -0.2) is 30.5 Å². The first-order valence-corrected chi connectivity index (χ1v) is 10.3. The fraction of sp³-hybridized carbons (Fsp3) is 0.167. The van der Waals surface area contributed by atoms with E-state index < -0.39 is 35.1 Å². The second-order valence-electron chi connectivity index (χ2n) is 7.47. The lowest BCUT2D eigenvalue weighted by atomic mass is 10.1. The largest absolute Gasteiger partial charge is 0.490 e. The molecule has 1 amide bonds. The van der Waals surface area contributed by atoms with Crippen LogP contribution in [-0.2, 0) is 15.7 Å². The van der Waals surface area contributed by atoms with Crippen molar-refractivity contribution in [2.75, 3.05) is 24.4 Å². The van der Waals surface area contributed by atoms with Gasteiger partial charge in [0.25, 0.3) is 5.91 Å². The third-order valence-corrected chi connectivity index (χ3v) is 4.95. The maximum absolute atomic E-state index is 13.0. The van der Waals surface area contributed by atoms with Gasteiger partial charge in [0.1, 0.15) is 0 Å². The monoisotopic (exact) mass is 503 g/mol. The molecule has 3 aromatic carbocycles. The number of esters is 1. The Bertz CT molecular complexity index is 1310. The predicted octanol–water partition coefficient (Wildman–Crippen LogP) is 5.47. The van der Waals surface area contributed by atoms with Crippen molar-refractivity contribution < 1.29 is 37.2 Å². The highest BCUT2D eigenvalue weighted by atomic mass is 19.4. The Morgan fingerprint density at radius 3 is 2.42 bits per heavy atom. The number of aryl methyl sites for hydroxylation is 1. The standard InChI is InChI=1S/C24H20F3N3O6/c1-14-10-20(30(33)34)21(35-2)12-19(14)29-22(31)13-36-23(32)17-8-3-4-9-18(17)28-16-7-5-6-15(11-16)24(25,26)27/h3-12,28H,13H2,1-2H3,(H,29,31). The van der Waals surface area contributed by atoms with E-state index in [2.05, 4.69) is 10.6 Å². The molecule has 9 nitrogen and oxygen atoms in total. The number of amides is 1. The molecule has 0 aliphatic carbocycles. The Hall–Kier alpha value is -4.61. The number of nitrogens with zero attached hydrogens (tertiary/aromatic N) is 1. The molecule has 0 bridgehead atoms. The second-order valence-corrected chi connectivity index (χ2v) is 7.47. The number of carbonyl (C=O) groups excluding carboxylic acids is 2. The quantitative estimate of drug-likeness (QED) is 0.238. The lowest BCUT2D eigenvalue weighted by molar-refractivity contribution is -0.385. The van der Waals surface area contributed by atoms with Gasteiger partial charge in [0.05, 0.1) is 28.8 Å². The minimum atomic E-state index is -4.53. The van der Waals surface area contributed by atoms with Crippen LogP contribution in [0.4, 0.5) is 35.9 Å². The summed E-state index contributed by atoms with van der Waals surface area (Å²) in [6, 6.07) is 12.9. The number of carbonyl (C=O) groups is 2. The highest BCUT2D eigenvalue weighted by molar-refractivity contribution is 5.99. The summed E-state index contributed by atoms with van der Waals surface area (Å²) in [6.45, 7) is 0.860. The van der Waals surface area contributed by atoms with Crippen LogP contribution in [0.15, 0.2) is 60.7 Å². The summed E-state index contributed by atoms with van der Waals surface area (Å²) in [6.07, 6.45) is -4.53. The maximum Gasteiger partial charge on any atom is 0.416 e. The number of benzene rings is 3. The van der Waals surface area contributed by atoms with E-state index in [-0.39, 0.29) is 34.1 Å². The first-order chi connectivity index (χ1) is 17.0. The number of methoxy groups -OCH3 is 1.